The Labute approximate surface area is 106 Å². The molecular weight excluding hydrogens is 280 g/mol. The lowest BCUT2D eigenvalue weighted by atomic mass is 10.2. The van der Waals surface area contributed by atoms with Gasteiger partial charge in [-0.2, -0.15) is 0 Å². The molecule has 0 aliphatic carbocycles. The Balaban J connectivity index is 2.14. The van der Waals surface area contributed by atoms with Gasteiger partial charge in [0.2, 0.25) is 5.89 Å². The number of nitrogen functional groups attached to an aromatic ring is 1. The smallest absolute Gasteiger partial charge is 0.227 e. The van der Waals surface area contributed by atoms with Crippen molar-refractivity contribution in [1.82, 2.24) is 4.98 Å². The van der Waals surface area contributed by atoms with Gasteiger partial charge in [-0.15, -0.1) is 0 Å². The summed E-state index contributed by atoms with van der Waals surface area (Å²) in [5, 5.41) is 0. The average Bonchev–Trinajstić information content (AvgIpc) is 2.72. The van der Waals surface area contributed by atoms with Crippen molar-refractivity contribution in [2.45, 2.75) is 0 Å². The number of benzene rings is 2. The first-order valence-corrected chi connectivity index (χ1v) is 5.94. The number of anilines is 1. The van der Waals surface area contributed by atoms with Crippen LogP contribution in [0.5, 0.6) is 0 Å². The molecule has 0 aliphatic rings. The second kappa shape index (κ2) is 3.89. The lowest BCUT2D eigenvalue weighted by Gasteiger charge is -1.94. The largest absolute Gasteiger partial charge is 0.436 e. The third kappa shape index (κ3) is 1.91. The molecule has 0 atom stereocenters. The topological polar surface area (TPSA) is 52.0 Å². The molecule has 0 saturated carbocycles. The SMILES string of the molecule is Nc1ccc2oc(-c3ccc(Br)cc3)nc2c1. The Morgan fingerprint density at radius 3 is 2.59 bits per heavy atom. The molecule has 84 valence electrons. The van der Waals surface area contributed by atoms with Crippen molar-refractivity contribution < 1.29 is 4.42 Å². The van der Waals surface area contributed by atoms with Crippen molar-refractivity contribution in [3.63, 3.8) is 0 Å². The Bertz CT molecular complexity index is 673. The summed E-state index contributed by atoms with van der Waals surface area (Å²) in [7, 11) is 0. The second-order valence-corrected chi connectivity index (χ2v) is 4.67. The highest BCUT2D eigenvalue weighted by Crippen LogP contribution is 2.26. The zero-order valence-electron chi connectivity index (χ0n) is 8.85. The van der Waals surface area contributed by atoms with E-state index < -0.39 is 0 Å². The van der Waals surface area contributed by atoms with Crippen LogP contribution in [0.4, 0.5) is 5.69 Å². The lowest BCUT2D eigenvalue weighted by molar-refractivity contribution is 0.620. The number of oxazole rings is 1. The van der Waals surface area contributed by atoms with Crippen LogP contribution in [0.1, 0.15) is 0 Å². The van der Waals surface area contributed by atoms with E-state index in [1.54, 1.807) is 12.1 Å². The second-order valence-electron chi connectivity index (χ2n) is 3.75. The van der Waals surface area contributed by atoms with Crippen molar-refractivity contribution in [2.24, 2.45) is 0 Å². The summed E-state index contributed by atoms with van der Waals surface area (Å²) in [6.45, 7) is 0. The van der Waals surface area contributed by atoms with Crippen LogP contribution in [0, 0.1) is 0 Å². The highest BCUT2D eigenvalue weighted by atomic mass is 79.9. The van der Waals surface area contributed by atoms with Gasteiger partial charge in [0.15, 0.2) is 5.58 Å². The van der Waals surface area contributed by atoms with Gasteiger partial charge in [-0.05, 0) is 42.5 Å². The highest BCUT2D eigenvalue weighted by Gasteiger charge is 2.07. The Morgan fingerprint density at radius 2 is 1.82 bits per heavy atom. The van der Waals surface area contributed by atoms with E-state index in [0.717, 1.165) is 21.1 Å². The number of rotatable bonds is 1. The van der Waals surface area contributed by atoms with Gasteiger partial charge in [-0.3, -0.25) is 0 Å². The van der Waals surface area contributed by atoms with Gasteiger partial charge >= 0.3 is 0 Å². The van der Waals surface area contributed by atoms with Gasteiger partial charge in [0, 0.05) is 15.7 Å². The maximum atomic E-state index is 5.70. The maximum absolute atomic E-state index is 5.70. The fourth-order valence-electron chi connectivity index (χ4n) is 1.66. The summed E-state index contributed by atoms with van der Waals surface area (Å²) >= 11 is 3.39. The van der Waals surface area contributed by atoms with Gasteiger partial charge in [0.25, 0.3) is 0 Å². The number of hydrogen-bond donors (Lipinski definition) is 1. The average molecular weight is 289 g/mol. The Morgan fingerprint density at radius 1 is 1.06 bits per heavy atom. The highest BCUT2D eigenvalue weighted by molar-refractivity contribution is 9.10. The number of hydrogen-bond acceptors (Lipinski definition) is 3. The van der Waals surface area contributed by atoms with Gasteiger partial charge in [-0.25, -0.2) is 4.98 Å². The molecule has 0 fully saturated rings. The lowest BCUT2D eigenvalue weighted by Crippen LogP contribution is -1.82. The molecule has 0 saturated heterocycles. The van der Waals surface area contributed by atoms with Crippen LogP contribution in [-0.2, 0) is 0 Å². The first-order chi connectivity index (χ1) is 8.22. The normalized spacial score (nSPS) is 10.9. The van der Waals surface area contributed by atoms with E-state index in [-0.39, 0.29) is 0 Å². The third-order valence-corrected chi connectivity index (χ3v) is 3.03. The summed E-state index contributed by atoms with van der Waals surface area (Å²) in [5.41, 5.74) is 8.87. The fourth-order valence-corrected chi connectivity index (χ4v) is 1.92. The van der Waals surface area contributed by atoms with E-state index in [2.05, 4.69) is 20.9 Å². The van der Waals surface area contributed by atoms with E-state index in [1.165, 1.54) is 0 Å². The van der Waals surface area contributed by atoms with E-state index in [4.69, 9.17) is 10.2 Å². The maximum Gasteiger partial charge on any atom is 0.227 e. The zero-order chi connectivity index (χ0) is 11.8. The molecule has 3 aromatic rings. The van der Waals surface area contributed by atoms with Crippen molar-refractivity contribution in [1.29, 1.82) is 0 Å². The number of nitrogens with two attached hydrogens (primary N) is 1. The quantitative estimate of drug-likeness (QED) is 0.692. The molecule has 0 spiro atoms. The standard InChI is InChI=1S/C13H9BrN2O/c14-9-3-1-8(2-4-9)13-16-11-7-10(15)5-6-12(11)17-13/h1-7H,15H2. The minimum Gasteiger partial charge on any atom is -0.436 e. The Hall–Kier alpha value is -1.81. The molecule has 4 heteroatoms. The summed E-state index contributed by atoms with van der Waals surface area (Å²) in [6, 6.07) is 13.3. The molecule has 0 radical (unpaired) electrons. The summed E-state index contributed by atoms with van der Waals surface area (Å²) < 4.78 is 6.70. The van der Waals surface area contributed by atoms with Crippen molar-refractivity contribution in [3.05, 3.63) is 46.9 Å². The molecule has 17 heavy (non-hydrogen) atoms. The molecule has 0 amide bonds. The van der Waals surface area contributed by atoms with Crippen LogP contribution in [0.2, 0.25) is 0 Å². The predicted molar refractivity (Wildman–Crippen MR) is 71.6 cm³/mol. The van der Waals surface area contributed by atoms with Gasteiger partial charge in [-0.1, -0.05) is 15.9 Å². The van der Waals surface area contributed by atoms with Gasteiger partial charge in [0.05, 0.1) is 0 Å². The minimum absolute atomic E-state index is 0.609. The summed E-state index contributed by atoms with van der Waals surface area (Å²) in [5.74, 6) is 0.609. The van der Waals surface area contributed by atoms with E-state index in [1.807, 2.05) is 30.3 Å². The molecule has 1 heterocycles. The number of halogens is 1. The van der Waals surface area contributed by atoms with E-state index in [0.29, 0.717) is 11.6 Å². The molecule has 0 unspecified atom stereocenters. The van der Waals surface area contributed by atoms with Crippen LogP contribution >= 0.6 is 15.9 Å². The predicted octanol–water partition coefficient (Wildman–Crippen LogP) is 3.84. The van der Waals surface area contributed by atoms with Crippen LogP contribution < -0.4 is 5.73 Å². The fraction of sp³-hybridized carbons (Fsp3) is 0. The summed E-state index contributed by atoms with van der Waals surface area (Å²) in [4.78, 5) is 4.41. The number of nitrogens with zero attached hydrogens (tertiary/aromatic N) is 1. The molecule has 3 rings (SSSR count). The van der Waals surface area contributed by atoms with Crippen molar-refractivity contribution in [3.8, 4) is 11.5 Å². The minimum atomic E-state index is 0.609. The third-order valence-electron chi connectivity index (χ3n) is 2.50. The van der Waals surface area contributed by atoms with Crippen LogP contribution in [0.25, 0.3) is 22.6 Å². The van der Waals surface area contributed by atoms with E-state index >= 15 is 0 Å². The van der Waals surface area contributed by atoms with Crippen LogP contribution in [-0.4, -0.2) is 4.98 Å². The molecule has 2 aromatic carbocycles. The van der Waals surface area contributed by atoms with Crippen LogP contribution in [0.15, 0.2) is 51.4 Å². The van der Waals surface area contributed by atoms with E-state index in [9.17, 15) is 0 Å². The first-order valence-electron chi connectivity index (χ1n) is 5.14. The number of fused-ring (bicyclic) bond motifs is 1. The molecule has 2 N–H and O–H groups in total. The molecule has 1 aromatic heterocycles. The monoisotopic (exact) mass is 288 g/mol. The molecular formula is C13H9BrN2O. The molecule has 0 bridgehead atoms. The number of aromatic nitrogens is 1. The Kier molecular flexibility index (Phi) is 2.37. The van der Waals surface area contributed by atoms with Gasteiger partial charge < -0.3 is 10.2 Å². The zero-order valence-corrected chi connectivity index (χ0v) is 10.4. The molecule has 0 aliphatic heterocycles. The van der Waals surface area contributed by atoms with Crippen molar-refractivity contribution >= 4 is 32.7 Å². The van der Waals surface area contributed by atoms with Crippen molar-refractivity contribution in [2.75, 3.05) is 5.73 Å². The van der Waals surface area contributed by atoms with Gasteiger partial charge in [0.1, 0.15) is 5.52 Å². The summed E-state index contributed by atoms with van der Waals surface area (Å²) in [6.07, 6.45) is 0. The van der Waals surface area contributed by atoms with Crippen LogP contribution in [0.3, 0.4) is 0 Å². The molecule has 3 nitrogen and oxygen atoms in total. The first kappa shape index (κ1) is 10.4.